The number of hydrogen-bond donors (Lipinski definition) is 0. The average molecular weight is 338 g/mol. The van der Waals surface area contributed by atoms with E-state index in [1.807, 2.05) is 17.8 Å². The van der Waals surface area contributed by atoms with Crippen molar-refractivity contribution in [2.24, 2.45) is 0 Å². The summed E-state index contributed by atoms with van der Waals surface area (Å²) in [6, 6.07) is 1.16. The van der Waals surface area contributed by atoms with Gasteiger partial charge in [0.1, 0.15) is 6.73 Å². The topological polar surface area (TPSA) is 45.5 Å². The highest BCUT2D eigenvalue weighted by Gasteiger charge is 2.52. The molecule has 0 atom stereocenters. The van der Waals surface area contributed by atoms with Crippen molar-refractivity contribution in [2.75, 3.05) is 6.61 Å². The van der Waals surface area contributed by atoms with Crippen LogP contribution in [0, 0.1) is 6.92 Å². The molecule has 0 radical (unpaired) electrons. The molecule has 130 valence electrons. The molecule has 0 saturated carbocycles. The van der Waals surface area contributed by atoms with E-state index in [-0.39, 0.29) is 18.3 Å². The van der Waals surface area contributed by atoms with Crippen molar-refractivity contribution in [1.29, 1.82) is 0 Å². The van der Waals surface area contributed by atoms with Crippen LogP contribution in [0.4, 0.5) is 0 Å². The second kappa shape index (κ2) is 6.35. The van der Waals surface area contributed by atoms with Gasteiger partial charge in [0, 0.05) is 32.0 Å². The minimum Gasteiger partial charge on any atom is -0.399 e. The molecule has 1 saturated heterocycles. The Morgan fingerprint density at radius 2 is 1.74 bits per heavy atom. The maximum absolute atomic E-state index is 6.10. The minimum absolute atomic E-state index is 0.333. The van der Waals surface area contributed by atoms with E-state index in [0.29, 0.717) is 6.73 Å². The molecule has 1 aromatic heterocycles. The third-order valence-corrected chi connectivity index (χ3v) is 6.56. The maximum Gasteiger partial charge on any atom is 0.498 e. The van der Waals surface area contributed by atoms with Crippen LogP contribution in [0.2, 0.25) is 25.7 Å². The van der Waals surface area contributed by atoms with Gasteiger partial charge >= 0.3 is 7.12 Å². The molecule has 0 bridgehead atoms. The largest absolute Gasteiger partial charge is 0.498 e. The van der Waals surface area contributed by atoms with Crippen molar-refractivity contribution < 1.29 is 14.0 Å². The van der Waals surface area contributed by atoms with Gasteiger partial charge in [0.2, 0.25) is 0 Å². The molecule has 1 aliphatic rings. The quantitative estimate of drug-likeness (QED) is 0.591. The molecule has 5 nitrogen and oxygen atoms in total. The molecule has 23 heavy (non-hydrogen) atoms. The molecular formula is C16H31BN2O3Si. The highest BCUT2D eigenvalue weighted by Crippen LogP contribution is 2.36. The first-order valence-corrected chi connectivity index (χ1v) is 12.1. The lowest BCUT2D eigenvalue weighted by molar-refractivity contribution is 0.00578. The van der Waals surface area contributed by atoms with E-state index in [4.69, 9.17) is 14.0 Å². The van der Waals surface area contributed by atoms with Gasteiger partial charge in [-0.05, 0) is 40.7 Å². The fourth-order valence-corrected chi connectivity index (χ4v) is 3.08. The number of nitrogens with zero attached hydrogens (tertiary/aromatic N) is 2. The summed E-state index contributed by atoms with van der Waals surface area (Å²) >= 11 is 0. The third kappa shape index (κ3) is 4.26. The Kier molecular flexibility index (Phi) is 5.17. The van der Waals surface area contributed by atoms with Crippen molar-refractivity contribution >= 4 is 20.7 Å². The molecule has 2 heterocycles. The summed E-state index contributed by atoms with van der Waals surface area (Å²) in [6.07, 6.45) is 1.83. The molecule has 0 N–H and O–H groups in total. The zero-order chi connectivity index (χ0) is 17.5. The lowest BCUT2D eigenvalue weighted by atomic mass is 9.79. The van der Waals surface area contributed by atoms with Gasteiger partial charge in [0.25, 0.3) is 0 Å². The predicted octanol–water partition coefficient (Wildman–Crippen LogP) is 2.80. The molecule has 1 aliphatic heterocycles. The standard InChI is InChI=1S/C16H31BN2O3Si/c1-13-14(17-21-15(2,3)16(4,5)22-17)11-18-19(13)12-20-9-10-23(6,7)8/h11H,9-10,12H2,1-8H3. The molecule has 0 aliphatic carbocycles. The number of aromatic nitrogens is 2. The van der Waals surface area contributed by atoms with Gasteiger partial charge in [-0.1, -0.05) is 19.6 Å². The fraction of sp³-hybridized carbons (Fsp3) is 0.812. The van der Waals surface area contributed by atoms with Crippen LogP contribution in [-0.2, 0) is 20.8 Å². The molecule has 2 rings (SSSR count). The summed E-state index contributed by atoms with van der Waals surface area (Å²) in [7, 11) is -1.42. The van der Waals surface area contributed by atoms with Crippen molar-refractivity contribution in [2.45, 2.75) is 78.2 Å². The van der Waals surface area contributed by atoms with Crippen LogP contribution in [0.25, 0.3) is 0 Å². The van der Waals surface area contributed by atoms with Crippen LogP contribution in [0.5, 0.6) is 0 Å². The molecule has 0 spiro atoms. The summed E-state index contributed by atoms with van der Waals surface area (Å²) in [6.45, 7) is 18.6. The Labute approximate surface area is 141 Å². The SMILES string of the molecule is Cc1c(B2OC(C)(C)C(C)(C)O2)cnn1COCC[Si](C)(C)C. The van der Waals surface area contributed by atoms with E-state index in [0.717, 1.165) is 23.8 Å². The van der Waals surface area contributed by atoms with E-state index < -0.39 is 8.07 Å². The van der Waals surface area contributed by atoms with E-state index >= 15 is 0 Å². The Morgan fingerprint density at radius 1 is 1.17 bits per heavy atom. The Hall–Kier alpha value is -0.628. The molecular weight excluding hydrogens is 307 g/mol. The van der Waals surface area contributed by atoms with Gasteiger partial charge in [0.05, 0.1) is 11.2 Å². The van der Waals surface area contributed by atoms with Crippen LogP contribution in [-0.4, -0.2) is 42.8 Å². The summed E-state index contributed by atoms with van der Waals surface area (Å²) in [4.78, 5) is 0. The van der Waals surface area contributed by atoms with Crippen molar-refractivity contribution in [3.05, 3.63) is 11.9 Å². The highest BCUT2D eigenvalue weighted by molar-refractivity contribution is 6.76. The molecule has 0 unspecified atom stereocenters. The smallest absolute Gasteiger partial charge is 0.399 e. The number of hydrogen-bond acceptors (Lipinski definition) is 4. The van der Waals surface area contributed by atoms with E-state index in [9.17, 15) is 0 Å². The summed E-state index contributed by atoms with van der Waals surface area (Å²) in [5.74, 6) is 0. The molecule has 0 aromatic carbocycles. The lowest BCUT2D eigenvalue weighted by Crippen LogP contribution is -2.41. The van der Waals surface area contributed by atoms with Gasteiger partial charge in [-0.3, -0.25) is 0 Å². The Bertz CT molecular complexity index is 536. The number of ether oxygens (including phenoxy) is 1. The van der Waals surface area contributed by atoms with E-state index in [1.54, 1.807) is 0 Å². The second-order valence-electron chi connectivity index (χ2n) is 8.62. The molecule has 7 heteroatoms. The Balaban J connectivity index is 1.98. The van der Waals surface area contributed by atoms with Crippen LogP contribution in [0.1, 0.15) is 33.4 Å². The van der Waals surface area contributed by atoms with Gasteiger partial charge < -0.3 is 14.0 Å². The molecule has 1 aromatic rings. The zero-order valence-corrected chi connectivity index (χ0v) is 16.9. The zero-order valence-electron chi connectivity index (χ0n) is 15.9. The minimum atomic E-state index is -1.05. The van der Waals surface area contributed by atoms with Crippen molar-refractivity contribution in [3.63, 3.8) is 0 Å². The average Bonchev–Trinajstić information content (AvgIpc) is 2.82. The first-order chi connectivity index (χ1) is 10.4. The first kappa shape index (κ1) is 18.7. The second-order valence-corrected chi connectivity index (χ2v) is 14.2. The first-order valence-electron chi connectivity index (χ1n) is 8.39. The van der Waals surface area contributed by atoms with Gasteiger partial charge in [0.15, 0.2) is 0 Å². The Morgan fingerprint density at radius 3 is 2.26 bits per heavy atom. The highest BCUT2D eigenvalue weighted by atomic mass is 28.3. The number of rotatable bonds is 6. The van der Waals surface area contributed by atoms with E-state index in [1.165, 1.54) is 0 Å². The lowest BCUT2D eigenvalue weighted by Gasteiger charge is -2.32. The monoisotopic (exact) mass is 338 g/mol. The summed E-state index contributed by atoms with van der Waals surface area (Å²) in [5.41, 5.74) is 1.36. The summed E-state index contributed by atoms with van der Waals surface area (Å²) in [5, 5.41) is 4.43. The fourth-order valence-electron chi connectivity index (χ4n) is 2.32. The normalized spacial score (nSPS) is 20.3. The van der Waals surface area contributed by atoms with Gasteiger partial charge in [-0.15, -0.1) is 0 Å². The van der Waals surface area contributed by atoms with Crippen molar-refractivity contribution in [3.8, 4) is 0 Å². The van der Waals surface area contributed by atoms with Gasteiger partial charge in [-0.25, -0.2) is 4.68 Å². The maximum atomic E-state index is 6.10. The predicted molar refractivity (Wildman–Crippen MR) is 96.8 cm³/mol. The van der Waals surface area contributed by atoms with Crippen LogP contribution >= 0.6 is 0 Å². The van der Waals surface area contributed by atoms with Crippen molar-refractivity contribution in [1.82, 2.24) is 9.78 Å². The van der Waals surface area contributed by atoms with Crippen LogP contribution in [0.3, 0.4) is 0 Å². The van der Waals surface area contributed by atoms with Crippen LogP contribution < -0.4 is 5.46 Å². The summed E-state index contributed by atoms with van der Waals surface area (Å²) < 4.78 is 19.9. The third-order valence-electron chi connectivity index (χ3n) is 4.86. The van der Waals surface area contributed by atoms with Crippen LogP contribution in [0.15, 0.2) is 6.20 Å². The molecule has 1 fully saturated rings. The van der Waals surface area contributed by atoms with Gasteiger partial charge in [-0.2, -0.15) is 5.10 Å². The van der Waals surface area contributed by atoms with E-state index in [2.05, 4.69) is 52.4 Å². The molecule has 0 amide bonds.